The van der Waals surface area contributed by atoms with E-state index in [0.29, 0.717) is 0 Å². The molecule has 0 amide bonds. The van der Waals surface area contributed by atoms with Crippen molar-refractivity contribution in [1.29, 1.82) is 0 Å². The third-order valence-corrected chi connectivity index (χ3v) is 3.42. The van der Waals surface area contributed by atoms with E-state index in [1.54, 1.807) is 7.11 Å². The Morgan fingerprint density at radius 2 is 1.04 bits per heavy atom. The standard InChI is InChI=1S/C11H17NO.C9H13NO/c1-8(2)13-11-6-4-10(5-7-11)9(3)12;1-7(10)8-3-5-9(11-2)6-4-8/h4-9H,12H2,1-3H3;3-7H,10H2,1-2H3. The summed E-state index contributed by atoms with van der Waals surface area (Å²) in [6.45, 7) is 7.96. The molecule has 0 aliphatic heterocycles. The number of nitrogens with two attached hydrogens (primary N) is 2. The number of methoxy groups -OCH3 is 1. The maximum absolute atomic E-state index is 5.72. The van der Waals surface area contributed by atoms with E-state index < -0.39 is 0 Å². The van der Waals surface area contributed by atoms with Crippen LogP contribution in [0.25, 0.3) is 0 Å². The molecular weight excluding hydrogens is 300 g/mol. The van der Waals surface area contributed by atoms with Crippen LogP contribution in [0.5, 0.6) is 11.5 Å². The molecule has 2 atom stereocenters. The summed E-state index contributed by atoms with van der Waals surface area (Å²) in [6, 6.07) is 15.9. The zero-order valence-corrected chi connectivity index (χ0v) is 15.3. The van der Waals surface area contributed by atoms with Gasteiger partial charge in [-0.25, -0.2) is 0 Å². The maximum atomic E-state index is 5.72. The fourth-order valence-electron chi connectivity index (χ4n) is 2.03. The van der Waals surface area contributed by atoms with Crippen LogP contribution in [-0.4, -0.2) is 13.2 Å². The van der Waals surface area contributed by atoms with Crippen molar-refractivity contribution in [2.24, 2.45) is 11.5 Å². The molecule has 0 bridgehead atoms. The molecule has 2 rings (SSSR count). The molecule has 0 spiro atoms. The van der Waals surface area contributed by atoms with E-state index in [0.717, 1.165) is 22.6 Å². The first-order valence-electron chi connectivity index (χ1n) is 8.25. The molecular formula is C20H30N2O2. The highest BCUT2D eigenvalue weighted by Gasteiger charge is 2.00. The van der Waals surface area contributed by atoms with Crippen LogP contribution < -0.4 is 20.9 Å². The summed E-state index contributed by atoms with van der Waals surface area (Å²) >= 11 is 0. The first kappa shape index (κ1) is 20.0. The summed E-state index contributed by atoms with van der Waals surface area (Å²) in [5, 5.41) is 0. The van der Waals surface area contributed by atoms with E-state index in [4.69, 9.17) is 20.9 Å². The molecule has 0 saturated carbocycles. The molecule has 2 unspecified atom stereocenters. The van der Waals surface area contributed by atoms with Crippen molar-refractivity contribution in [1.82, 2.24) is 0 Å². The van der Waals surface area contributed by atoms with Crippen molar-refractivity contribution in [2.45, 2.75) is 45.9 Å². The van der Waals surface area contributed by atoms with Gasteiger partial charge in [0.2, 0.25) is 0 Å². The van der Waals surface area contributed by atoms with Crippen LogP contribution in [0.2, 0.25) is 0 Å². The van der Waals surface area contributed by atoms with Gasteiger partial charge in [-0.05, 0) is 63.1 Å². The van der Waals surface area contributed by atoms with Gasteiger partial charge in [-0.15, -0.1) is 0 Å². The number of benzene rings is 2. The van der Waals surface area contributed by atoms with Crippen LogP contribution in [0.3, 0.4) is 0 Å². The summed E-state index contributed by atoms with van der Waals surface area (Å²) in [7, 11) is 1.65. The van der Waals surface area contributed by atoms with Crippen LogP contribution in [0.4, 0.5) is 0 Å². The molecule has 2 aromatic carbocycles. The van der Waals surface area contributed by atoms with Crippen molar-refractivity contribution in [3.05, 3.63) is 59.7 Å². The second kappa shape index (κ2) is 9.96. The average Bonchev–Trinajstić information content (AvgIpc) is 2.55. The zero-order valence-electron chi connectivity index (χ0n) is 15.3. The molecule has 0 heterocycles. The largest absolute Gasteiger partial charge is 0.497 e. The predicted octanol–water partition coefficient (Wildman–Crippen LogP) is 4.21. The van der Waals surface area contributed by atoms with Gasteiger partial charge in [0.25, 0.3) is 0 Å². The summed E-state index contributed by atoms with van der Waals surface area (Å²) in [6.07, 6.45) is 0.223. The topological polar surface area (TPSA) is 70.5 Å². The summed E-state index contributed by atoms with van der Waals surface area (Å²) in [4.78, 5) is 0. The van der Waals surface area contributed by atoms with Gasteiger partial charge in [0.15, 0.2) is 0 Å². The van der Waals surface area contributed by atoms with Crippen molar-refractivity contribution in [3.8, 4) is 11.5 Å². The SMILES string of the molecule is CC(C)Oc1ccc(C(C)N)cc1.COc1ccc(C(C)N)cc1. The monoisotopic (exact) mass is 330 g/mol. The Morgan fingerprint density at radius 1 is 0.667 bits per heavy atom. The minimum Gasteiger partial charge on any atom is -0.497 e. The second-order valence-corrected chi connectivity index (χ2v) is 6.09. The van der Waals surface area contributed by atoms with Gasteiger partial charge in [-0.3, -0.25) is 0 Å². The third kappa shape index (κ3) is 7.02. The van der Waals surface area contributed by atoms with E-state index in [9.17, 15) is 0 Å². The molecule has 4 heteroatoms. The normalized spacial score (nSPS) is 12.8. The Bertz CT molecular complexity index is 576. The number of ether oxygens (including phenoxy) is 2. The molecule has 132 valence electrons. The zero-order chi connectivity index (χ0) is 18.1. The van der Waals surface area contributed by atoms with E-state index in [1.807, 2.05) is 76.2 Å². The molecule has 0 aromatic heterocycles. The smallest absolute Gasteiger partial charge is 0.119 e. The fraction of sp³-hybridized carbons (Fsp3) is 0.400. The lowest BCUT2D eigenvalue weighted by Crippen LogP contribution is -2.07. The highest BCUT2D eigenvalue weighted by Crippen LogP contribution is 2.17. The highest BCUT2D eigenvalue weighted by molar-refractivity contribution is 5.29. The van der Waals surface area contributed by atoms with Gasteiger partial charge in [0.05, 0.1) is 13.2 Å². The van der Waals surface area contributed by atoms with Crippen LogP contribution >= 0.6 is 0 Å². The second-order valence-electron chi connectivity index (χ2n) is 6.09. The van der Waals surface area contributed by atoms with Gasteiger partial charge < -0.3 is 20.9 Å². The van der Waals surface area contributed by atoms with Gasteiger partial charge >= 0.3 is 0 Å². The van der Waals surface area contributed by atoms with E-state index in [2.05, 4.69) is 0 Å². The molecule has 0 aliphatic rings. The van der Waals surface area contributed by atoms with E-state index in [-0.39, 0.29) is 18.2 Å². The molecule has 4 nitrogen and oxygen atoms in total. The van der Waals surface area contributed by atoms with Crippen LogP contribution in [0.1, 0.15) is 50.9 Å². The maximum Gasteiger partial charge on any atom is 0.119 e. The molecule has 0 fully saturated rings. The van der Waals surface area contributed by atoms with Crippen molar-refractivity contribution >= 4 is 0 Å². The minimum absolute atomic E-state index is 0.0908. The first-order valence-corrected chi connectivity index (χ1v) is 8.25. The Kier molecular flexibility index (Phi) is 8.30. The van der Waals surface area contributed by atoms with Crippen LogP contribution in [0, 0.1) is 0 Å². The Balaban J connectivity index is 0.000000243. The lowest BCUT2D eigenvalue weighted by Gasteiger charge is -2.11. The number of hydrogen-bond donors (Lipinski definition) is 2. The summed E-state index contributed by atoms with van der Waals surface area (Å²) in [5.41, 5.74) is 13.7. The predicted molar refractivity (Wildman–Crippen MR) is 100 cm³/mol. The summed E-state index contributed by atoms with van der Waals surface area (Å²) < 4.78 is 10.5. The molecule has 24 heavy (non-hydrogen) atoms. The molecule has 0 saturated heterocycles. The van der Waals surface area contributed by atoms with Crippen LogP contribution in [-0.2, 0) is 0 Å². The lowest BCUT2D eigenvalue weighted by molar-refractivity contribution is 0.242. The molecule has 0 radical (unpaired) electrons. The Morgan fingerprint density at radius 3 is 1.33 bits per heavy atom. The number of hydrogen-bond acceptors (Lipinski definition) is 4. The molecule has 0 aliphatic carbocycles. The fourth-order valence-corrected chi connectivity index (χ4v) is 2.03. The van der Waals surface area contributed by atoms with Gasteiger partial charge in [0, 0.05) is 12.1 Å². The molecule has 4 N–H and O–H groups in total. The lowest BCUT2D eigenvalue weighted by atomic mass is 10.1. The van der Waals surface area contributed by atoms with Gasteiger partial charge in [-0.1, -0.05) is 24.3 Å². The van der Waals surface area contributed by atoms with E-state index in [1.165, 1.54) is 0 Å². The Labute approximate surface area is 145 Å². The van der Waals surface area contributed by atoms with E-state index >= 15 is 0 Å². The number of rotatable bonds is 5. The quantitative estimate of drug-likeness (QED) is 0.861. The van der Waals surface area contributed by atoms with Gasteiger partial charge in [0.1, 0.15) is 11.5 Å². The highest BCUT2D eigenvalue weighted by atomic mass is 16.5. The molecule has 2 aromatic rings. The average molecular weight is 330 g/mol. The van der Waals surface area contributed by atoms with Crippen molar-refractivity contribution in [3.63, 3.8) is 0 Å². The van der Waals surface area contributed by atoms with Gasteiger partial charge in [-0.2, -0.15) is 0 Å². The first-order chi connectivity index (χ1) is 11.3. The Hall–Kier alpha value is -2.04. The van der Waals surface area contributed by atoms with Crippen molar-refractivity contribution < 1.29 is 9.47 Å². The minimum atomic E-state index is 0.0908. The third-order valence-electron chi connectivity index (χ3n) is 3.42. The summed E-state index contributed by atoms with van der Waals surface area (Å²) in [5.74, 6) is 1.77. The van der Waals surface area contributed by atoms with Crippen molar-refractivity contribution in [2.75, 3.05) is 7.11 Å². The van der Waals surface area contributed by atoms with Crippen LogP contribution in [0.15, 0.2) is 48.5 Å².